The highest BCUT2D eigenvalue weighted by atomic mass is 31.2. The molecular formula is C14H29O6P. The molecule has 0 aromatic heterocycles. The average molecular weight is 324 g/mol. The summed E-state index contributed by atoms with van der Waals surface area (Å²) in [6.07, 6.45) is 11.8. The van der Waals surface area contributed by atoms with Crippen LogP contribution in [0.3, 0.4) is 0 Å². The molecular weight excluding hydrogens is 295 g/mol. The molecule has 0 rings (SSSR count). The fourth-order valence-electron chi connectivity index (χ4n) is 2.15. The second kappa shape index (κ2) is 13.3. The minimum Gasteiger partial charge on any atom is -0.481 e. The molecule has 0 spiro atoms. The van der Waals surface area contributed by atoms with Gasteiger partial charge in [-0.2, -0.15) is 0 Å². The fourth-order valence-corrected chi connectivity index (χ4v) is 2.52. The summed E-state index contributed by atoms with van der Waals surface area (Å²) in [6.45, 7) is 0.126. The van der Waals surface area contributed by atoms with Crippen molar-refractivity contribution in [1.29, 1.82) is 0 Å². The second-order valence-corrected chi connectivity index (χ2v) is 6.60. The van der Waals surface area contributed by atoms with Gasteiger partial charge in [-0.1, -0.05) is 57.8 Å². The number of phosphoric acid groups is 1. The lowest BCUT2D eigenvalue weighted by atomic mass is 10.1. The Morgan fingerprint density at radius 3 is 1.52 bits per heavy atom. The Balaban J connectivity index is 3.06. The smallest absolute Gasteiger partial charge is 0.469 e. The number of aliphatic carboxylic acids is 1. The molecule has 0 aromatic carbocycles. The van der Waals surface area contributed by atoms with Gasteiger partial charge in [0.25, 0.3) is 0 Å². The van der Waals surface area contributed by atoms with Crippen molar-refractivity contribution in [1.82, 2.24) is 0 Å². The molecule has 21 heavy (non-hydrogen) atoms. The van der Waals surface area contributed by atoms with Crippen molar-refractivity contribution in [3.63, 3.8) is 0 Å². The molecule has 0 atom stereocenters. The fraction of sp³-hybridized carbons (Fsp3) is 0.929. The molecule has 0 aliphatic heterocycles. The van der Waals surface area contributed by atoms with Crippen molar-refractivity contribution in [2.24, 2.45) is 0 Å². The van der Waals surface area contributed by atoms with Crippen LogP contribution in [0.4, 0.5) is 0 Å². The van der Waals surface area contributed by atoms with Gasteiger partial charge < -0.3 is 14.9 Å². The van der Waals surface area contributed by atoms with Gasteiger partial charge in [0.15, 0.2) is 0 Å². The van der Waals surface area contributed by atoms with Gasteiger partial charge in [0.2, 0.25) is 0 Å². The quantitative estimate of drug-likeness (QED) is 0.312. The average Bonchev–Trinajstić information content (AvgIpc) is 2.37. The van der Waals surface area contributed by atoms with Crippen LogP contribution in [0.25, 0.3) is 0 Å². The predicted molar refractivity (Wildman–Crippen MR) is 81.0 cm³/mol. The van der Waals surface area contributed by atoms with Crippen molar-refractivity contribution in [3.05, 3.63) is 0 Å². The lowest BCUT2D eigenvalue weighted by Gasteiger charge is -2.05. The lowest BCUT2D eigenvalue weighted by molar-refractivity contribution is -0.137. The topological polar surface area (TPSA) is 104 Å². The Bertz CT molecular complexity index is 302. The minimum absolute atomic E-state index is 0.126. The van der Waals surface area contributed by atoms with Crippen molar-refractivity contribution in [2.75, 3.05) is 6.61 Å². The number of rotatable bonds is 15. The van der Waals surface area contributed by atoms with Crippen molar-refractivity contribution >= 4 is 13.8 Å². The van der Waals surface area contributed by atoms with E-state index in [2.05, 4.69) is 4.52 Å². The highest BCUT2D eigenvalue weighted by Crippen LogP contribution is 2.35. The molecule has 0 saturated carbocycles. The standard InChI is InChI=1S/C14H29O6P/c15-14(16)12-10-8-6-4-2-1-3-5-7-9-11-13-20-21(17,18)19/h1-13H2,(H,15,16)(H2,17,18,19). The molecule has 6 nitrogen and oxygen atoms in total. The molecule has 0 saturated heterocycles. The zero-order valence-electron chi connectivity index (χ0n) is 12.7. The molecule has 0 unspecified atom stereocenters. The van der Waals surface area contributed by atoms with E-state index in [9.17, 15) is 9.36 Å². The van der Waals surface area contributed by atoms with Gasteiger partial charge in [0.1, 0.15) is 0 Å². The molecule has 0 radical (unpaired) electrons. The van der Waals surface area contributed by atoms with Gasteiger partial charge in [0.05, 0.1) is 6.61 Å². The number of carbonyl (C=O) groups is 1. The third kappa shape index (κ3) is 19.6. The molecule has 0 fully saturated rings. The Morgan fingerprint density at radius 2 is 1.14 bits per heavy atom. The van der Waals surface area contributed by atoms with Crippen LogP contribution in [0.1, 0.15) is 77.0 Å². The van der Waals surface area contributed by atoms with Crippen molar-refractivity contribution in [3.8, 4) is 0 Å². The van der Waals surface area contributed by atoms with E-state index in [0.717, 1.165) is 38.5 Å². The first-order valence-electron chi connectivity index (χ1n) is 7.84. The van der Waals surface area contributed by atoms with Crippen molar-refractivity contribution < 1.29 is 28.8 Å². The highest BCUT2D eigenvalue weighted by molar-refractivity contribution is 7.46. The zero-order valence-corrected chi connectivity index (χ0v) is 13.6. The first kappa shape index (κ1) is 20.6. The Kier molecular flexibility index (Phi) is 13.0. The SMILES string of the molecule is O=C(O)CCCCCCCCCCCCCOP(=O)(O)O. The first-order valence-corrected chi connectivity index (χ1v) is 9.37. The summed E-state index contributed by atoms with van der Waals surface area (Å²) in [4.78, 5) is 27.3. The van der Waals surface area contributed by atoms with E-state index >= 15 is 0 Å². The molecule has 0 aromatic rings. The monoisotopic (exact) mass is 324 g/mol. The van der Waals surface area contributed by atoms with Crippen LogP contribution >= 0.6 is 7.82 Å². The van der Waals surface area contributed by atoms with E-state index in [1.54, 1.807) is 0 Å². The third-order valence-electron chi connectivity index (χ3n) is 3.29. The normalized spacial score (nSPS) is 11.7. The van der Waals surface area contributed by atoms with Gasteiger partial charge in [-0.25, -0.2) is 4.57 Å². The van der Waals surface area contributed by atoms with Gasteiger partial charge in [0, 0.05) is 6.42 Å². The highest BCUT2D eigenvalue weighted by Gasteiger charge is 2.12. The van der Waals surface area contributed by atoms with E-state index < -0.39 is 13.8 Å². The van der Waals surface area contributed by atoms with Crippen LogP contribution in [0.2, 0.25) is 0 Å². The van der Waals surface area contributed by atoms with Crippen LogP contribution in [0, 0.1) is 0 Å². The summed E-state index contributed by atoms with van der Waals surface area (Å²) in [5, 5.41) is 8.48. The molecule has 126 valence electrons. The maximum Gasteiger partial charge on any atom is 0.469 e. The third-order valence-corrected chi connectivity index (χ3v) is 3.81. The summed E-state index contributed by atoms with van der Waals surface area (Å²) in [7, 11) is -4.29. The molecule has 0 bridgehead atoms. The largest absolute Gasteiger partial charge is 0.481 e. The van der Waals surface area contributed by atoms with Crippen LogP contribution < -0.4 is 0 Å². The Morgan fingerprint density at radius 1 is 0.762 bits per heavy atom. The number of hydrogen-bond acceptors (Lipinski definition) is 3. The molecule has 0 aliphatic rings. The summed E-state index contributed by atoms with van der Waals surface area (Å²) in [6, 6.07) is 0. The summed E-state index contributed by atoms with van der Waals surface area (Å²) in [5.74, 6) is -0.707. The van der Waals surface area contributed by atoms with Crippen LogP contribution in [-0.2, 0) is 13.9 Å². The lowest BCUT2D eigenvalue weighted by Crippen LogP contribution is -1.93. The second-order valence-electron chi connectivity index (χ2n) is 5.36. The summed E-state index contributed by atoms with van der Waals surface area (Å²) >= 11 is 0. The van der Waals surface area contributed by atoms with Crippen LogP contribution in [0.5, 0.6) is 0 Å². The number of carboxylic acid groups (broad SMARTS) is 1. The van der Waals surface area contributed by atoms with Gasteiger partial charge in [-0.05, 0) is 12.8 Å². The Hall–Kier alpha value is -0.420. The van der Waals surface area contributed by atoms with Crippen LogP contribution in [-0.4, -0.2) is 27.5 Å². The number of carboxylic acids is 1. The minimum atomic E-state index is -4.29. The van der Waals surface area contributed by atoms with Gasteiger partial charge >= 0.3 is 13.8 Å². The Labute approximate surface area is 127 Å². The van der Waals surface area contributed by atoms with E-state index in [0.29, 0.717) is 6.42 Å². The number of phosphoric ester groups is 1. The molecule has 0 aliphatic carbocycles. The van der Waals surface area contributed by atoms with Crippen molar-refractivity contribution in [2.45, 2.75) is 77.0 Å². The molecule has 0 heterocycles. The molecule has 0 amide bonds. The number of unbranched alkanes of at least 4 members (excludes halogenated alkanes) is 10. The van der Waals surface area contributed by atoms with Gasteiger partial charge in [-0.3, -0.25) is 9.32 Å². The summed E-state index contributed by atoms with van der Waals surface area (Å²) < 4.78 is 14.8. The maximum atomic E-state index is 10.4. The van der Waals surface area contributed by atoms with Gasteiger partial charge in [-0.15, -0.1) is 0 Å². The van der Waals surface area contributed by atoms with E-state index in [1.807, 2.05) is 0 Å². The molecule has 7 heteroatoms. The van der Waals surface area contributed by atoms with E-state index in [4.69, 9.17) is 14.9 Å². The zero-order chi connectivity index (χ0) is 16.0. The summed E-state index contributed by atoms with van der Waals surface area (Å²) in [5.41, 5.74) is 0. The van der Waals surface area contributed by atoms with Crippen LogP contribution in [0.15, 0.2) is 0 Å². The first-order chi connectivity index (χ1) is 9.92. The van der Waals surface area contributed by atoms with E-state index in [1.165, 1.54) is 25.7 Å². The predicted octanol–water partition coefficient (Wildman–Crippen LogP) is 3.86. The maximum absolute atomic E-state index is 10.4. The molecule has 3 N–H and O–H groups in total. The number of hydrogen-bond donors (Lipinski definition) is 3. The van der Waals surface area contributed by atoms with E-state index in [-0.39, 0.29) is 13.0 Å².